The number of nitriles is 1. The Balaban J connectivity index is 1.54. The standard InChI is InChI=1S/C21H17ClN6O3/c22-20-19(14-24-27(21(20)29)16-5-7-17(8-6-16)28(30)31)26-11-9-25(10-12-26)18-4-2-1-3-15(18)13-23/h1-8,14H,9-12H2. The van der Waals surface area contributed by atoms with Crippen molar-refractivity contribution in [2.75, 3.05) is 36.0 Å². The van der Waals surface area contributed by atoms with E-state index in [0.29, 0.717) is 43.1 Å². The molecular formula is C21H17ClN6O3. The van der Waals surface area contributed by atoms with E-state index < -0.39 is 10.5 Å². The van der Waals surface area contributed by atoms with Crippen LogP contribution in [0.4, 0.5) is 17.1 Å². The Kier molecular flexibility index (Phi) is 5.56. The number of anilines is 2. The van der Waals surface area contributed by atoms with Crippen LogP contribution in [0.15, 0.2) is 59.5 Å². The molecule has 1 aliphatic heterocycles. The number of halogens is 1. The van der Waals surface area contributed by atoms with Crippen LogP contribution in [0.1, 0.15) is 5.56 Å². The SMILES string of the molecule is N#Cc1ccccc1N1CCN(c2cnn(-c3ccc([N+](=O)[O-])cc3)c(=O)c2Cl)CC1. The molecule has 0 aliphatic carbocycles. The predicted molar refractivity (Wildman–Crippen MR) is 117 cm³/mol. The topological polar surface area (TPSA) is 108 Å². The third kappa shape index (κ3) is 3.93. The summed E-state index contributed by atoms with van der Waals surface area (Å²) in [5.74, 6) is 0. The maximum Gasteiger partial charge on any atom is 0.292 e. The van der Waals surface area contributed by atoms with E-state index in [2.05, 4.69) is 16.1 Å². The molecule has 0 bridgehead atoms. The summed E-state index contributed by atoms with van der Waals surface area (Å²) in [5.41, 5.74) is 1.88. The number of non-ortho nitro benzene ring substituents is 1. The number of benzene rings is 2. The molecule has 3 aromatic rings. The highest BCUT2D eigenvalue weighted by Gasteiger charge is 2.23. The van der Waals surface area contributed by atoms with Gasteiger partial charge in [-0.15, -0.1) is 0 Å². The summed E-state index contributed by atoms with van der Waals surface area (Å²) in [5, 5.41) is 24.4. The first kappa shape index (κ1) is 20.4. The first-order chi connectivity index (χ1) is 15.0. The average molecular weight is 437 g/mol. The lowest BCUT2D eigenvalue weighted by Gasteiger charge is -2.37. The molecule has 1 aromatic heterocycles. The Labute approximate surface area is 182 Å². The van der Waals surface area contributed by atoms with Crippen molar-refractivity contribution in [3.63, 3.8) is 0 Å². The molecule has 0 N–H and O–H groups in total. The number of hydrogen-bond acceptors (Lipinski definition) is 7. The van der Waals surface area contributed by atoms with E-state index in [1.165, 1.54) is 30.5 Å². The van der Waals surface area contributed by atoms with E-state index in [9.17, 15) is 20.2 Å². The second-order valence-electron chi connectivity index (χ2n) is 6.94. The van der Waals surface area contributed by atoms with Gasteiger partial charge in [-0.1, -0.05) is 23.7 Å². The van der Waals surface area contributed by atoms with Gasteiger partial charge in [-0.3, -0.25) is 14.9 Å². The number of para-hydroxylation sites is 1. The highest BCUT2D eigenvalue weighted by molar-refractivity contribution is 6.33. The summed E-state index contributed by atoms with van der Waals surface area (Å²) < 4.78 is 1.12. The van der Waals surface area contributed by atoms with E-state index in [1.54, 1.807) is 6.07 Å². The van der Waals surface area contributed by atoms with Gasteiger partial charge >= 0.3 is 0 Å². The van der Waals surface area contributed by atoms with Gasteiger partial charge in [0.25, 0.3) is 11.2 Å². The monoisotopic (exact) mass is 436 g/mol. The molecule has 9 nitrogen and oxygen atoms in total. The molecule has 2 aromatic carbocycles. The van der Waals surface area contributed by atoms with Crippen LogP contribution in [0.5, 0.6) is 0 Å². The molecule has 0 amide bonds. The molecule has 1 saturated heterocycles. The minimum Gasteiger partial charge on any atom is -0.367 e. The molecule has 0 spiro atoms. The van der Waals surface area contributed by atoms with Crippen LogP contribution in [0.2, 0.25) is 5.02 Å². The zero-order chi connectivity index (χ0) is 22.0. The molecular weight excluding hydrogens is 420 g/mol. The molecule has 2 heterocycles. The van der Waals surface area contributed by atoms with Crippen molar-refractivity contribution in [1.82, 2.24) is 9.78 Å². The van der Waals surface area contributed by atoms with Crippen LogP contribution in [0, 0.1) is 21.4 Å². The van der Waals surface area contributed by atoms with Crippen molar-refractivity contribution >= 4 is 28.7 Å². The number of nitrogens with zero attached hydrogens (tertiary/aromatic N) is 6. The largest absolute Gasteiger partial charge is 0.367 e. The zero-order valence-corrected chi connectivity index (χ0v) is 17.1. The maximum atomic E-state index is 12.8. The second-order valence-corrected chi connectivity index (χ2v) is 7.32. The van der Waals surface area contributed by atoms with Gasteiger partial charge in [0.2, 0.25) is 0 Å². The number of nitro groups is 1. The lowest BCUT2D eigenvalue weighted by atomic mass is 10.1. The zero-order valence-electron chi connectivity index (χ0n) is 16.3. The molecule has 0 unspecified atom stereocenters. The van der Waals surface area contributed by atoms with Crippen LogP contribution in [0.3, 0.4) is 0 Å². The fourth-order valence-corrected chi connectivity index (χ4v) is 3.82. The second kappa shape index (κ2) is 8.45. The van der Waals surface area contributed by atoms with Crippen LogP contribution in [0.25, 0.3) is 5.69 Å². The normalized spacial score (nSPS) is 13.7. The molecule has 156 valence electrons. The van der Waals surface area contributed by atoms with E-state index in [1.807, 2.05) is 23.1 Å². The molecule has 10 heteroatoms. The summed E-state index contributed by atoms with van der Waals surface area (Å²) in [6.07, 6.45) is 1.53. The first-order valence-electron chi connectivity index (χ1n) is 9.51. The third-order valence-corrected chi connectivity index (χ3v) is 5.55. The molecule has 0 atom stereocenters. The van der Waals surface area contributed by atoms with Crippen LogP contribution in [-0.2, 0) is 0 Å². The molecule has 0 radical (unpaired) electrons. The Morgan fingerprint density at radius 1 is 1.00 bits per heavy atom. The fourth-order valence-electron chi connectivity index (χ4n) is 3.58. The van der Waals surface area contributed by atoms with Crippen molar-refractivity contribution in [3.8, 4) is 11.8 Å². The summed E-state index contributed by atoms with van der Waals surface area (Å²) >= 11 is 6.38. The molecule has 1 fully saturated rings. The van der Waals surface area contributed by atoms with E-state index in [0.717, 1.165) is 10.4 Å². The van der Waals surface area contributed by atoms with Crippen LogP contribution in [-0.4, -0.2) is 40.9 Å². The maximum absolute atomic E-state index is 12.8. The smallest absolute Gasteiger partial charge is 0.292 e. The number of piperazine rings is 1. The van der Waals surface area contributed by atoms with Gasteiger partial charge in [0.05, 0.1) is 33.7 Å². The van der Waals surface area contributed by atoms with E-state index in [-0.39, 0.29) is 10.7 Å². The molecule has 31 heavy (non-hydrogen) atoms. The lowest BCUT2D eigenvalue weighted by Crippen LogP contribution is -2.47. The van der Waals surface area contributed by atoms with Gasteiger partial charge in [-0.2, -0.15) is 15.0 Å². The van der Waals surface area contributed by atoms with Crippen LogP contribution >= 0.6 is 11.6 Å². The fraction of sp³-hybridized carbons (Fsp3) is 0.190. The molecule has 1 aliphatic rings. The van der Waals surface area contributed by atoms with Gasteiger partial charge < -0.3 is 9.80 Å². The van der Waals surface area contributed by atoms with Crippen molar-refractivity contribution in [3.05, 3.63) is 85.8 Å². The lowest BCUT2D eigenvalue weighted by molar-refractivity contribution is -0.384. The van der Waals surface area contributed by atoms with Crippen molar-refractivity contribution in [2.24, 2.45) is 0 Å². The Bertz CT molecular complexity index is 1230. The van der Waals surface area contributed by atoms with Gasteiger partial charge in [0.15, 0.2) is 0 Å². The van der Waals surface area contributed by atoms with Crippen molar-refractivity contribution < 1.29 is 4.92 Å². The summed E-state index contributed by atoms with van der Waals surface area (Å²) in [4.78, 5) is 27.2. The van der Waals surface area contributed by atoms with Gasteiger partial charge in [0.1, 0.15) is 11.1 Å². The number of aromatic nitrogens is 2. The number of hydrogen-bond donors (Lipinski definition) is 0. The van der Waals surface area contributed by atoms with E-state index >= 15 is 0 Å². The Hall–Kier alpha value is -3.90. The van der Waals surface area contributed by atoms with Crippen LogP contribution < -0.4 is 15.4 Å². The van der Waals surface area contributed by atoms with E-state index in [4.69, 9.17) is 11.6 Å². The Morgan fingerprint density at radius 3 is 2.23 bits per heavy atom. The minimum absolute atomic E-state index is 0.0410. The highest BCUT2D eigenvalue weighted by Crippen LogP contribution is 2.26. The summed E-state index contributed by atoms with van der Waals surface area (Å²) in [7, 11) is 0. The third-order valence-electron chi connectivity index (χ3n) is 5.19. The quantitative estimate of drug-likeness (QED) is 0.456. The predicted octanol–water partition coefficient (Wildman–Crippen LogP) is 2.99. The average Bonchev–Trinajstić information content (AvgIpc) is 2.81. The van der Waals surface area contributed by atoms with Gasteiger partial charge in [-0.05, 0) is 24.3 Å². The highest BCUT2D eigenvalue weighted by atomic mass is 35.5. The van der Waals surface area contributed by atoms with Gasteiger partial charge in [-0.25, -0.2) is 0 Å². The number of rotatable bonds is 4. The minimum atomic E-state index is -0.509. The molecule has 0 saturated carbocycles. The summed E-state index contributed by atoms with van der Waals surface area (Å²) in [6, 6.07) is 15.2. The number of nitro benzene ring substituents is 1. The summed E-state index contributed by atoms with van der Waals surface area (Å²) in [6.45, 7) is 2.56. The first-order valence-corrected chi connectivity index (χ1v) is 9.89. The van der Waals surface area contributed by atoms with Crippen molar-refractivity contribution in [1.29, 1.82) is 5.26 Å². The molecule has 4 rings (SSSR count). The van der Waals surface area contributed by atoms with Gasteiger partial charge in [0, 0.05) is 38.3 Å². The Morgan fingerprint density at radius 2 is 1.61 bits per heavy atom. The van der Waals surface area contributed by atoms with Crippen molar-refractivity contribution in [2.45, 2.75) is 0 Å².